The third-order valence-corrected chi connectivity index (χ3v) is 2.90. The molecule has 1 heterocycles. The number of halogens is 2. The molecule has 2 aromatic rings. The summed E-state index contributed by atoms with van der Waals surface area (Å²) in [5.74, 6) is -0.374. The molecular weight excluding hydrogens is 241 g/mol. The molecule has 0 aliphatic rings. The van der Waals surface area contributed by atoms with E-state index in [1.165, 1.54) is 6.07 Å². The molecule has 0 aliphatic heterocycles. The Bertz CT molecular complexity index is 504. The molecule has 0 bridgehead atoms. The first-order valence-corrected chi connectivity index (χ1v) is 5.63. The minimum absolute atomic E-state index is 0.347. The minimum atomic E-state index is -0.487. The summed E-state index contributed by atoms with van der Waals surface area (Å²) in [6.45, 7) is 0. The first-order chi connectivity index (χ1) is 8.08. The Morgan fingerprint density at radius 2 is 2.24 bits per heavy atom. The van der Waals surface area contributed by atoms with Crippen LogP contribution in [0.1, 0.15) is 17.3 Å². The van der Waals surface area contributed by atoms with Gasteiger partial charge in [-0.15, -0.1) is 0 Å². The van der Waals surface area contributed by atoms with Gasteiger partial charge in [0.1, 0.15) is 5.82 Å². The molecule has 2 rings (SSSR count). The summed E-state index contributed by atoms with van der Waals surface area (Å²) in [5.41, 5.74) is 7.13. The van der Waals surface area contributed by atoms with Gasteiger partial charge >= 0.3 is 0 Å². The summed E-state index contributed by atoms with van der Waals surface area (Å²) in [4.78, 5) is 0. The average molecular weight is 254 g/mol. The second kappa shape index (κ2) is 4.85. The second-order valence-corrected chi connectivity index (χ2v) is 4.33. The monoisotopic (exact) mass is 253 g/mol. The van der Waals surface area contributed by atoms with Crippen LogP contribution >= 0.6 is 11.6 Å². The highest BCUT2D eigenvalue weighted by atomic mass is 35.5. The number of aryl methyl sites for hydroxylation is 1. The number of benzene rings is 1. The van der Waals surface area contributed by atoms with Crippen LogP contribution in [0, 0.1) is 5.82 Å². The topological polar surface area (TPSA) is 43.8 Å². The maximum absolute atomic E-state index is 13.6. The fourth-order valence-electron chi connectivity index (χ4n) is 1.76. The highest BCUT2D eigenvalue weighted by molar-refractivity contribution is 6.31. The fraction of sp³-hybridized carbons (Fsp3) is 0.250. The molecule has 5 heteroatoms. The predicted octanol–water partition coefficient (Wildman–Crippen LogP) is 2.46. The number of rotatable bonds is 3. The number of hydrogen-bond donors (Lipinski definition) is 1. The van der Waals surface area contributed by atoms with Gasteiger partial charge in [0.2, 0.25) is 0 Å². The van der Waals surface area contributed by atoms with Gasteiger partial charge in [0.25, 0.3) is 0 Å². The summed E-state index contributed by atoms with van der Waals surface area (Å²) in [6.07, 6.45) is 2.28. The molecule has 0 radical (unpaired) electrons. The quantitative estimate of drug-likeness (QED) is 0.913. The lowest BCUT2D eigenvalue weighted by Crippen LogP contribution is -2.16. The average Bonchev–Trinajstić information content (AvgIpc) is 2.63. The molecule has 1 aromatic heterocycles. The molecule has 1 unspecified atom stereocenters. The van der Waals surface area contributed by atoms with Crippen molar-refractivity contribution in [2.24, 2.45) is 12.8 Å². The summed E-state index contributed by atoms with van der Waals surface area (Å²) in [7, 11) is 1.82. The van der Waals surface area contributed by atoms with E-state index in [0.29, 0.717) is 17.0 Å². The van der Waals surface area contributed by atoms with Gasteiger partial charge in [0, 0.05) is 36.3 Å². The summed E-state index contributed by atoms with van der Waals surface area (Å²) in [5, 5.41) is 4.56. The van der Waals surface area contributed by atoms with Crippen LogP contribution in [0.15, 0.2) is 30.5 Å². The lowest BCUT2D eigenvalue weighted by atomic mass is 10.0. The van der Waals surface area contributed by atoms with Gasteiger partial charge in [-0.1, -0.05) is 17.7 Å². The summed E-state index contributed by atoms with van der Waals surface area (Å²) in [6, 6.07) is 5.93. The van der Waals surface area contributed by atoms with Crippen molar-refractivity contribution in [3.63, 3.8) is 0 Å². The van der Waals surface area contributed by atoms with Crippen molar-refractivity contribution < 1.29 is 4.39 Å². The Morgan fingerprint density at radius 1 is 1.47 bits per heavy atom. The predicted molar refractivity (Wildman–Crippen MR) is 65.3 cm³/mol. The van der Waals surface area contributed by atoms with E-state index in [0.717, 1.165) is 5.69 Å². The van der Waals surface area contributed by atoms with Crippen molar-refractivity contribution in [1.29, 1.82) is 0 Å². The van der Waals surface area contributed by atoms with E-state index in [1.54, 1.807) is 16.8 Å². The van der Waals surface area contributed by atoms with Gasteiger partial charge in [-0.2, -0.15) is 5.10 Å². The van der Waals surface area contributed by atoms with E-state index < -0.39 is 6.04 Å². The Kier molecular flexibility index (Phi) is 3.45. The van der Waals surface area contributed by atoms with Gasteiger partial charge in [-0.3, -0.25) is 4.68 Å². The molecule has 1 atom stereocenters. The smallest absolute Gasteiger partial charge is 0.129 e. The van der Waals surface area contributed by atoms with Crippen LogP contribution in [0.3, 0.4) is 0 Å². The summed E-state index contributed by atoms with van der Waals surface area (Å²) >= 11 is 5.95. The summed E-state index contributed by atoms with van der Waals surface area (Å²) < 4.78 is 15.3. The van der Waals surface area contributed by atoms with Crippen molar-refractivity contribution >= 4 is 11.6 Å². The molecule has 0 saturated carbocycles. The Labute approximate surface area is 104 Å². The van der Waals surface area contributed by atoms with E-state index in [2.05, 4.69) is 5.10 Å². The minimum Gasteiger partial charge on any atom is -0.323 e. The molecule has 0 spiro atoms. The molecule has 17 heavy (non-hydrogen) atoms. The van der Waals surface area contributed by atoms with E-state index in [1.807, 2.05) is 19.3 Å². The molecule has 0 amide bonds. The van der Waals surface area contributed by atoms with Crippen LogP contribution < -0.4 is 5.73 Å². The molecule has 90 valence electrons. The number of aromatic nitrogens is 2. The lowest BCUT2D eigenvalue weighted by molar-refractivity contribution is 0.576. The number of nitrogens with two attached hydrogens (primary N) is 1. The Hall–Kier alpha value is -1.39. The third-order valence-electron chi connectivity index (χ3n) is 2.57. The molecule has 0 fully saturated rings. The van der Waals surface area contributed by atoms with Gasteiger partial charge in [-0.05, 0) is 18.2 Å². The first kappa shape index (κ1) is 12.1. The molecular formula is C12H13ClFN3. The normalized spacial score (nSPS) is 12.7. The molecule has 3 nitrogen and oxygen atoms in total. The molecule has 2 N–H and O–H groups in total. The zero-order chi connectivity index (χ0) is 12.4. The van der Waals surface area contributed by atoms with E-state index in [-0.39, 0.29) is 5.82 Å². The SMILES string of the molecule is Cn1ccc(CC(N)c2c(F)cccc2Cl)n1. The van der Waals surface area contributed by atoms with Crippen molar-refractivity contribution in [3.8, 4) is 0 Å². The van der Waals surface area contributed by atoms with E-state index in [9.17, 15) is 4.39 Å². The van der Waals surface area contributed by atoms with Gasteiger partial charge in [0.15, 0.2) is 0 Å². The van der Waals surface area contributed by atoms with Crippen molar-refractivity contribution in [1.82, 2.24) is 9.78 Å². The van der Waals surface area contributed by atoms with Crippen LogP contribution in [-0.2, 0) is 13.5 Å². The van der Waals surface area contributed by atoms with Crippen LogP contribution in [0.5, 0.6) is 0 Å². The molecule has 0 aliphatic carbocycles. The highest BCUT2D eigenvalue weighted by Crippen LogP contribution is 2.26. The third kappa shape index (κ3) is 2.65. The lowest BCUT2D eigenvalue weighted by Gasteiger charge is -2.13. The van der Waals surface area contributed by atoms with Crippen LogP contribution in [-0.4, -0.2) is 9.78 Å². The highest BCUT2D eigenvalue weighted by Gasteiger charge is 2.16. The van der Waals surface area contributed by atoms with Crippen molar-refractivity contribution in [2.75, 3.05) is 0 Å². The Morgan fingerprint density at radius 3 is 2.82 bits per heavy atom. The van der Waals surface area contributed by atoms with Crippen molar-refractivity contribution in [2.45, 2.75) is 12.5 Å². The van der Waals surface area contributed by atoms with Gasteiger partial charge in [-0.25, -0.2) is 4.39 Å². The maximum Gasteiger partial charge on any atom is 0.129 e. The van der Waals surface area contributed by atoms with E-state index >= 15 is 0 Å². The molecule has 0 saturated heterocycles. The van der Waals surface area contributed by atoms with E-state index in [4.69, 9.17) is 17.3 Å². The van der Waals surface area contributed by atoms with Crippen molar-refractivity contribution in [3.05, 3.63) is 52.6 Å². The van der Waals surface area contributed by atoms with Crippen LogP contribution in [0.2, 0.25) is 5.02 Å². The largest absolute Gasteiger partial charge is 0.323 e. The zero-order valence-corrected chi connectivity index (χ0v) is 10.2. The fourth-order valence-corrected chi connectivity index (χ4v) is 2.07. The second-order valence-electron chi connectivity index (χ2n) is 3.93. The number of nitrogens with zero attached hydrogens (tertiary/aromatic N) is 2. The first-order valence-electron chi connectivity index (χ1n) is 5.26. The number of hydrogen-bond acceptors (Lipinski definition) is 2. The van der Waals surface area contributed by atoms with Crippen LogP contribution in [0.4, 0.5) is 4.39 Å². The van der Waals surface area contributed by atoms with Crippen LogP contribution in [0.25, 0.3) is 0 Å². The van der Waals surface area contributed by atoms with Gasteiger partial charge in [0.05, 0.1) is 5.69 Å². The maximum atomic E-state index is 13.6. The molecule has 1 aromatic carbocycles. The van der Waals surface area contributed by atoms with Gasteiger partial charge < -0.3 is 5.73 Å². The zero-order valence-electron chi connectivity index (χ0n) is 9.40. The Balaban J connectivity index is 2.22. The standard InChI is InChI=1S/C12H13ClFN3/c1-17-6-5-8(16-17)7-11(15)12-9(13)3-2-4-10(12)14/h2-6,11H,7,15H2,1H3.